The van der Waals surface area contributed by atoms with Crippen LogP contribution in [0, 0.1) is 0 Å². The lowest BCUT2D eigenvalue weighted by Crippen LogP contribution is -2.42. The number of rotatable bonds is 5. The Bertz CT molecular complexity index is 470. The minimum atomic E-state index is -0.140. The lowest BCUT2D eigenvalue weighted by Gasteiger charge is -2.23. The fourth-order valence-electron chi connectivity index (χ4n) is 1.99. The van der Waals surface area contributed by atoms with E-state index < -0.39 is 0 Å². The summed E-state index contributed by atoms with van der Waals surface area (Å²) in [4.78, 5) is 12.1. The van der Waals surface area contributed by atoms with Gasteiger partial charge in [-0.2, -0.15) is 0 Å². The average Bonchev–Trinajstić information content (AvgIpc) is 2.46. The smallest absolute Gasteiger partial charge is 0.258 e. The van der Waals surface area contributed by atoms with E-state index in [2.05, 4.69) is 5.32 Å². The molecule has 2 rings (SSSR count). The number of carbonyl (C=O) groups excluding carboxylic acids is 1. The standard InChI is InChI=1S/C14H18N2O3S/c15-14(20)10-3-5-12(6-4-10)19-9-13(17)16-11-2-1-7-18-8-11/h3-6,11H,1-2,7-9H2,(H2,15,20)(H,16,17). The molecular formula is C14H18N2O3S. The summed E-state index contributed by atoms with van der Waals surface area (Å²) in [6, 6.07) is 7.11. The van der Waals surface area contributed by atoms with Crippen molar-refractivity contribution in [1.82, 2.24) is 5.32 Å². The van der Waals surface area contributed by atoms with Gasteiger partial charge in [0.15, 0.2) is 6.61 Å². The molecule has 1 aliphatic heterocycles. The number of hydrogen-bond donors (Lipinski definition) is 2. The van der Waals surface area contributed by atoms with Crippen molar-refractivity contribution in [2.75, 3.05) is 19.8 Å². The fraction of sp³-hybridized carbons (Fsp3) is 0.429. The first-order valence-electron chi connectivity index (χ1n) is 6.55. The zero-order valence-corrected chi connectivity index (χ0v) is 11.9. The molecule has 1 atom stereocenters. The van der Waals surface area contributed by atoms with Crippen molar-refractivity contribution in [3.05, 3.63) is 29.8 Å². The van der Waals surface area contributed by atoms with E-state index in [1.807, 2.05) is 0 Å². The summed E-state index contributed by atoms with van der Waals surface area (Å²) in [5.41, 5.74) is 6.28. The lowest BCUT2D eigenvalue weighted by atomic mass is 10.1. The first-order chi connectivity index (χ1) is 9.65. The third-order valence-electron chi connectivity index (χ3n) is 3.03. The minimum absolute atomic E-state index is 0.0110. The quantitative estimate of drug-likeness (QED) is 0.792. The Labute approximate surface area is 123 Å². The Morgan fingerprint density at radius 1 is 1.45 bits per heavy atom. The van der Waals surface area contributed by atoms with Crippen molar-refractivity contribution in [3.8, 4) is 5.75 Å². The van der Waals surface area contributed by atoms with Crippen molar-refractivity contribution in [2.45, 2.75) is 18.9 Å². The number of ether oxygens (including phenoxy) is 2. The molecule has 1 aromatic rings. The first-order valence-corrected chi connectivity index (χ1v) is 6.96. The van der Waals surface area contributed by atoms with E-state index in [4.69, 9.17) is 27.4 Å². The Morgan fingerprint density at radius 3 is 2.80 bits per heavy atom. The van der Waals surface area contributed by atoms with E-state index in [9.17, 15) is 4.79 Å². The molecule has 6 heteroatoms. The molecule has 1 aromatic carbocycles. The number of hydrogen-bond acceptors (Lipinski definition) is 4. The zero-order valence-electron chi connectivity index (χ0n) is 11.1. The number of nitrogens with one attached hydrogen (secondary N) is 1. The Balaban J connectivity index is 1.76. The predicted octanol–water partition coefficient (Wildman–Crippen LogP) is 0.995. The van der Waals surface area contributed by atoms with Gasteiger partial charge in [0, 0.05) is 12.2 Å². The van der Waals surface area contributed by atoms with Crippen molar-refractivity contribution in [2.24, 2.45) is 5.73 Å². The molecule has 20 heavy (non-hydrogen) atoms. The zero-order chi connectivity index (χ0) is 14.4. The molecule has 0 radical (unpaired) electrons. The van der Waals surface area contributed by atoms with Crippen LogP contribution >= 0.6 is 12.2 Å². The van der Waals surface area contributed by atoms with E-state index in [0.717, 1.165) is 25.0 Å². The van der Waals surface area contributed by atoms with Crippen LogP contribution in [0.3, 0.4) is 0 Å². The second kappa shape index (κ2) is 7.21. The molecule has 1 aliphatic rings. The minimum Gasteiger partial charge on any atom is -0.484 e. The largest absolute Gasteiger partial charge is 0.484 e. The molecule has 108 valence electrons. The summed E-state index contributed by atoms with van der Waals surface area (Å²) in [6.07, 6.45) is 1.93. The van der Waals surface area contributed by atoms with Gasteiger partial charge in [-0.1, -0.05) is 12.2 Å². The van der Waals surface area contributed by atoms with Crippen LogP contribution < -0.4 is 15.8 Å². The summed E-state index contributed by atoms with van der Waals surface area (Å²) < 4.78 is 10.7. The fourth-order valence-corrected chi connectivity index (χ4v) is 2.12. The number of benzene rings is 1. The average molecular weight is 294 g/mol. The molecule has 0 saturated carbocycles. The van der Waals surface area contributed by atoms with Gasteiger partial charge in [-0.3, -0.25) is 4.79 Å². The van der Waals surface area contributed by atoms with Crippen LogP contribution in [0.2, 0.25) is 0 Å². The molecular weight excluding hydrogens is 276 g/mol. The van der Waals surface area contributed by atoms with Crippen LogP contribution in [0.15, 0.2) is 24.3 Å². The van der Waals surface area contributed by atoms with Crippen molar-refractivity contribution in [1.29, 1.82) is 0 Å². The molecule has 1 amide bonds. The van der Waals surface area contributed by atoms with Gasteiger partial charge < -0.3 is 20.5 Å². The van der Waals surface area contributed by atoms with E-state index in [1.165, 1.54) is 0 Å². The van der Waals surface area contributed by atoms with Crippen LogP contribution in [-0.4, -0.2) is 36.8 Å². The summed E-state index contributed by atoms with van der Waals surface area (Å²) in [6.45, 7) is 1.34. The summed E-state index contributed by atoms with van der Waals surface area (Å²) in [5.74, 6) is 0.471. The Hall–Kier alpha value is -1.66. The van der Waals surface area contributed by atoms with Gasteiger partial charge in [0.25, 0.3) is 5.91 Å². The second-order valence-electron chi connectivity index (χ2n) is 4.66. The molecule has 3 N–H and O–H groups in total. The summed E-state index contributed by atoms with van der Waals surface area (Å²) >= 11 is 4.86. The van der Waals surface area contributed by atoms with Crippen LogP contribution in [0.5, 0.6) is 5.75 Å². The van der Waals surface area contributed by atoms with Crippen LogP contribution in [-0.2, 0) is 9.53 Å². The third-order valence-corrected chi connectivity index (χ3v) is 3.27. The SMILES string of the molecule is NC(=S)c1ccc(OCC(=O)NC2CCCOC2)cc1. The normalized spacial score (nSPS) is 18.3. The monoisotopic (exact) mass is 294 g/mol. The van der Waals surface area contributed by atoms with Gasteiger partial charge in [0.1, 0.15) is 10.7 Å². The topological polar surface area (TPSA) is 73.6 Å². The maximum Gasteiger partial charge on any atom is 0.258 e. The highest BCUT2D eigenvalue weighted by atomic mass is 32.1. The molecule has 0 bridgehead atoms. The first kappa shape index (κ1) is 14.7. The highest BCUT2D eigenvalue weighted by Crippen LogP contribution is 2.12. The van der Waals surface area contributed by atoms with Crippen LogP contribution in [0.4, 0.5) is 0 Å². The van der Waals surface area contributed by atoms with Crippen molar-refractivity contribution < 1.29 is 14.3 Å². The number of nitrogens with two attached hydrogens (primary N) is 1. The highest BCUT2D eigenvalue weighted by molar-refractivity contribution is 7.80. The van der Waals surface area contributed by atoms with E-state index >= 15 is 0 Å². The lowest BCUT2D eigenvalue weighted by molar-refractivity contribution is -0.124. The maximum absolute atomic E-state index is 11.7. The molecule has 5 nitrogen and oxygen atoms in total. The van der Waals surface area contributed by atoms with Crippen molar-refractivity contribution >= 4 is 23.1 Å². The molecule has 1 fully saturated rings. The molecule has 1 saturated heterocycles. The summed E-state index contributed by atoms with van der Waals surface area (Å²) in [7, 11) is 0. The number of carbonyl (C=O) groups is 1. The van der Waals surface area contributed by atoms with E-state index in [1.54, 1.807) is 24.3 Å². The molecule has 1 heterocycles. The Morgan fingerprint density at radius 2 is 2.20 bits per heavy atom. The van der Waals surface area contributed by atoms with Crippen molar-refractivity contribution in [3.63, 3.8) is 0 Å². The third kappa shape index (κ3) is 4.47. The van der Waals surface area contributed by atoms with Crippen LogP contribution in [0.1, 0.15) is 18.4 Å². The number of thiocarbonyl (C=S) groups is 1. The maximum atomic E-state index is 11.7. The van der Waals surface area contributed by atoms with Gasteiger partial charge in [-0.05, 0) is 37.1 Å². The summed E-state index contributed by atoms with van der Waals surface area (Å²) in [5, 5.41) is 2.89. The van der Waals surface area contributed by atoms with E-state index in [-0.39, 0.29) is 18.6 Å². The van der Waals surface area contributed by atoms with Crippen LogP contribution in [0.25, 0.3) is 0 Å². The van der Waals surface area contributed by atoms with Gasteiger partial charge in [-0.25, -0.2) is 0 Å². The van der Waals surface area contributed by atoms with Gasteiger partial charge in [0.05, 0.1) is 12.6 Å². The highest BCUT2D eigenvalue weighted by Gasteiger charge is 2.16. The van der Waals surface area contributed by atoms with Gasteiger partial charge >= 0.3 is 0 Å². The predicted molar refractivity (Wildman–Crippen MR) is 79.8 cm³/mol. The molecule has 0 aliphatic carbocycles. The molecule has 1 unspecified atom stereocenters. The van der Waals surface area contributed by atoms with Gasteiger partial charge in [-0.15, -0.1) is 0 Å². The molecule has 0 aromatic heterocycles. The van der Waals surface area contributed by atoms with E-state index in [0.29, 0.717) is 17.3 Å². The Kier molecular flexibility index (Phi) is 5.31. The van der Waals surface area contributed by atoms with Gasteiger partial charge in [0.2, 0.25) is 0 Å². The number of amides is 1. The molecule has 0 spiro atoms. The second-order valence-corrected chi connectivity index (χ2v) is 5.10.